The molecule has 0 spiro atoms. The molecule has 0 aromatic rings. The van der Waals surface area contributed by atoms with Gasteiger partial charge in [-0.25, -0.2) is 0 Å². The first-order valence-electron chi connectivity index (χ1n) is 6.38. The van der Waals surface area contributed by atoms with E-state index in [4.69, 9.17) is 10.9 Å². The SMILES string of the molecule is CCC1CN(C(=O)C(C)(CC)C(N)=NO)CCS1. The highest BCUT2D eigenvalue weighted by atomic mass is 32.2. The first kappa shape index (κ1) is 15.1. The molecule has 1 amide bonds. The summed E-state index contributed by atoms with van der Waals surface area (Å²) in [6, 6.07) is 0. The van der Waals surface area contributed by atoms with Gasteiger partial charge >= 0.3 is 0 Å². The Balaban J connectivity index is 2.84. The molecule has 0 aromatic heterocycles. The van der Waals surface area contributed by atoms with Gasteiger partial charge in [-0.2, -0.15) is 11.8 Å². The lowest BCUT2D eigenvalue weighted by molar-refractivity contribution is -0.137. The minimum Gasteiger partial charge on any atom is -0.409 e. The van der Waals surface area contributed by atoms with Gasteiger partial charge in [-0.05, 0) is 19.8 Å². The van der Waals surface area contributed by atoms with Gasteiger partial charge in [0.1, 0.15) is 5.41 Å². The van der Waals surface area contributed by atoms with Crippen molar-refractivity contribution in [2.24, 2.45) is 16.3 Å². The van der Waals surface area contributed by atoms with Gasteiger partial charge in [-0.15, -0.1) is 0 Å². The van der Waals surface area contributed by atoms with Crippen molar-refractivity contribution < 1.29 is 10.0 Å². The molecule has 1 aliphatic heterocycles. The average Bonchev–Trinajstić information content (AvgIpc) is 2.44. The molecule has 1 saturated heterocycles. The third-order valence-electron chi connectivity index (χ3n) is 3.73. The molecule has 2 atom stereocenters. The van der Waals surface area contributed by atoms with Crippen LogP contribution in [0.1, 0.15) is 33.6 Å². The van der Waals surface area contributed by atoms with E-state index in [-0.39, 0.29) is 11.7 Å². The van der Waals surface area contributed by atoms with Crippen LogP contribution in [0.5, 0.6) is 0 Å². The van der Waals surface area contributed by atoms with Crippen molar-refractivity contribution in [2.75, 3.05) is 18.8 Å². The zero-order chi connectivity index (χ0) is 13.8. The van der Waals surface area contributed by atoms with Crippen LogP contribution >= 0.6 is 11.8 Å². The largest absolute Gasteiger partial charge is 0.409 e. The topological polar surface area (TPSA) is 78.9 Å². The number of nitrogens with two attached hydrogens (primary N) is 1. The highest BCUT2D eigenvalue weighted by molar-refractivity contribution is 8.00. The van der Waals surface area contributed by atoms with Gasteiger partial charge in [-0.3, -0.25) is 4.79 Å². The minimum absolute atomic E-state index is 0.00118. The van der Waals surface area contributed by atoms with Gasteiger partial charge in [0.2, 0.25) is 5.91 Å². The monoisotopic (exact) mass is 273 g/mol. The van der Waals surface area contributed by atoms with Crippen LogP contribution in [0.3, 0.4) is 0 Å². The Hall–Kier alpha value is -0.910. The number of nitrogens with zero attached hydrogens (tertiary/aromatic N) is 2. The molecule has 0 aliphatic carbocycles. The average molecular weight is 273 g/mol. The summed E-state index contributed by atoms with van der Waals surface area (Å²) in [6.45, 7) is 7.26. The van der Waals surface area contributed by atoms with E-state index < -0.39 is 5.41 Å². The first-order valence-corrected chi connectivity index (χ1v) is 7.43. The van der Waals surface area contributed by atoms with E-state index >= 15 is 0 Å². The minimum atomic E-state index is -0.894. The molecule has 6 heteroatoms. The van der Waals surface area contributed by atoms with Crippen LogP contribution in [0.15, 0.2) is 5.16 Å². The number of amidine groups is 1. The van der Waals surface area contributed by atoms with E-state index in [2.05, 4.69) is 12.1 Å². The van der Waals surface area contributed by atoms with Crippen molar-refractivity contribution in [3.8, 4) is 0 Å². The van der Waals surface area contributed by atoms with Crippen LogP contribution in [0.25, 0.3) is 0 Å². The number of hydrogen-bond acceptors (Lipinski definition) is 4. The molecule has 3 N–H and O–H groups in total. The normalized spacial score (nSPS) is 24.7. The van der Waals surface area contributed by atoms with Gasteiger partial charge in [-0.1, -0.05) is 19.0 Å². The molecule has 18 heavy (non-hydrogen) atoms. The lowest BCUT2D eigenvalue weighted by Gasteiger charge is -2.37. The van der Waals surface area contributed by atoms with E-state index in [1.165, 1.54) is 0 Å². The maximum atomic E-state index is 12.6. The quantitative estimate of drug-likeness (QED) is 0.352. The van der Waals surface area contributed by atoms with E-state index in [0.29, 0.717) is 11.7 Å². The van der Waals surface area contributed by atoms with Crippen LogP contribution < -0.4 is 5.73 Å². The van der Waals surface area contributed by atoms with Crippen LogP contribution in [0.4, 0.5) is 0 Å². The van der Waals surface area contributed by atoms with Crippen molar-refractivity contribution in [1.82, 2.24) is 4.90 Å². The molecule has 0 radical (unpaired) electrons. The van der Waals surface area contributed by atoms with Crippen molar-refractivity contribution in [2.45, 2.75) is 38.9 Å². The summed E-state index contributed by atoms with van der Waals surface area (Å²) in [7, 11) is 0. The van der Waals surface area contributed by atoms with E-state index in [0.717, 1.165) is 25.3 Å². The summed E-state index contributed by atoms with van der Waals surface area (Å²) in [5.41, 5.74) is 4.79. The summed E-state index contributed by atoms with van der Waals surface area (Å²) in [4.78, 5) is 14.4. The molecular weight excluding hydrogens is 250 g/mol. The van der Waals surface area contributed by atoms with Gasteiger partial charge in [0, 0.05) is 24.1 Å². The Morgan fingerprint density at radius 3 is 2.78 bits per heavy atom. The van der Waals surface area contributed by atoms with Crippen molar-refractivity contribution in [3.63, 3.8) is 0 Å². The van der Waals surface area contributed by atoms with Crippen LogP contribution in [0, 0.1) is 5.41 Å². The molecule has 0 bridgehead atoms. The van der Waals surface area contributed by atoms with Gasteiger partial charge in [0.05, 0.1) is 0 Å². The number of hydrogen-bond donors (Lipinski definition) is 2. The summed E-state index contributed by atoms with van der Waals surface area (Å²) in [5.74, 6) is 0.931. The third-order valence-corrected chi connectivity index (χ3v) is 5.11. The van der Waals surface area contributed by atoms with Gasteiger partial charge < -0.3 is 15.8 Å². The molecule has 2 unspecified atom stereocenters. The zero-order valence-corrected chi connectivity index (χ0v) is 12.2. The van der Waals surface area contributed by atoms with Crippen LogP contribution in [-0.4, -0.2) is 45.9 Å². The fourth-order valence-corrected chi connectivity index (χ4v) is 3.23. The van der Waals surface area contributed by atoms with E-state index in [9.17, 15) is 4.79 Å². The fourth-order valence-electron chi connectivity index (χ4n) is 2.05. The van der Waals surface area contributed by atoms with Gasteiger partial charge in [0.25, 0.3) is 0 Å². The zero-order valence-electron chi connectivity index (χ0n) is 11.3. The molecule has 0 saturated carbocycles. The molecule has 1 aliphatic rings. The van der Waals surface area contributed by atoms with Crippen molar-refractivity contribution >= 4 is 23.5 Å². The molecule has 1 heterocycles. The Morgan fingerprint density at radius 2 is 2.28 bits per heavy atom. The van der Waals surface area contributed by atoms with Crippen LogP contribution in [0.2, 0.25) is 0 Å². The maximum Gasteiger partial charge on any atom is 0.236 e. The molecule has 1 fully saturated rings. The Kier molecular flexibility index (Phi) is 5.31. The highest BCUT2D eigenvalue weighted by Gasteiger charge is 2.40. The lowest BCUT2D eigenvalue weighted by Crippen LogP contribution is -2.52. The van der Waals surface area contributed by atoms with E-state index in [1.807, 2.05) is 23.6 Å². The number of thioether (sulfide) groups is 1. The number of amides is 1. The van der Waals surface area contributed by atoms with E-state index in [1.54, 1.807) is 6.92 Å². The Bertz CT molecular complexity index is 335. The maximum absolute atomic E-state index is 12.6. The number of rotatable bonds is 4. The Morgan fingerprint density at radius 1 is 1.61 bits per heavy atom. The lowest BCUT2D eigenvalue weighted by atomic mass is 9.84. The number of carbonyl (C=O) groups is 1. The second kappa shape index (κ2) is 6.31. The molecule has 5 nitrogen and oxygen atoms in total. The predicted octanol–water partition coefficient (Wildman–Crippen LogP) is 1.50. The fraction of sp³-hybridized carbons (Fsp3) is 0.833. The van der Waals surface area contributed by atoms with Crippen LogP contribution in [-0.2, 0) is 4.79 Å². The molecular formula is C12H23N3O2S. The second-order valence-electron chi connectivity index (χ2n) is 4.82. The summed E-state index contributed by atoms with van der Waals surface area (Å²) in [6.07, 6.45) is 1.59. The van der Waals surface area contributed by atoms with Gasteiger partial charge in [0.15, 0.2) is 5.84 Å². The summed E-state index contributed by atoms with van der Waals surface area (Å²) >= 11 is 1.91. The smallest absolute Gasteiger partial charge is 0.236 e. The van der Waals surface area contributed by atoms with Crippen molar-refractivity contribution in [3.05, 3.63) is 0 Å². The third kappa shape index (κ3) is 2.91. The Labute approximate surface area is 113 Å². The van der Waals surface area contributed by atoms with Crippen molar-refractivity contribution in [1.29, 1.82) is 0 Å². The standard InChI is InChI=1S/C12H23N3O2S/c1-4-9-8-15(6-7-18-9)11(16)12(3,5-2)10(13)14-17/h9,17H,4-8H2,1-3H3,(H2,13,14). The highest BCUT2D eigenvalue weighted by Crippen LogP contribution is 2.28. The molecule has 0 aromatic carbocycles. The summed E-state index contributed by atoms with van der Waals surface area (Å²) < 4.78 is 0. The first-order chi connectivity index (χ1) is 8.49. The second-order valence-corrected chi connectivity index (χ2v) is 6.23. The summed E-state index contributed by atoms with van der Waals surface area (Å²) in [5, 5.41) is 12.4. The predicted molar refractivity (Wildman–Crippen MR) is 74.9 cm³/mol. The molecule has 104 valence electrons. The molecule has 1 rings (SSSR count). The number of carbonyl (C=O) groups excluding carboxylic acids is 1. The number of oxime groups is 1.